The molecule has 0 aromatic heterocycles. The molecule has 1 rings (SSSR count). The van der Waals surface area contributed by atoms with Gasteiger partial charge in [-0.25, -0.2) is 4.79 Å². The molecule has 0 saturated carbocycles. The third-order valence-electron chi connectivity index (χ3n) is 1.65. The van der Waals surface area contributed by atoms with Crippen LogP contribution < -0.4 is 0 Å². The van der Waals surface area contributed by atoms with Crippen LogP contribution in [0.15, 0.2) is 18.2 Å². The maximum atomic E-state index is 11.4. The van der Waals surface area contributed by atoms with Crippen molar-refractivity contribution in [3.8, 4) is 0 Å². The average molecular weight is 247 g/mol. The Labute approximate surface area is 96.9 Å². The molecule has 0 saturated heterocycles. The Hall–Kier alpha value is -1.06. The number of hydrogen-bond donors (Lipinski definition) is 0. The highest BCUT2D eigenvalue weighted by Crippen LogP contribution is 2.21. The fraction of sp³-hybridized carbons (Fsp3) is 0.200. The van der Waals surface area contributed by atoms with Gasteiger partial charge >= 0.3 is 11.9 Å². The summed E-state index contributed by atoms with van der Waals surface area (Å²) in [4.78, 5) is 22.2. The Morgan fingerprint density at radius 1 is 1.33 bits per heavy atom. The summed E-state index contributed by atoms with van der Waals surface area (Å²) in [6.07, 6.45) is 0.136. The van der Waals surface area contributed by atoms with Gasteiger partial charge in [0.05, 0.1) is 10.6 Å². The fourth-order valence-electron chi connectivity index (χ4n) is 0.886. The van der Waals surface area contributed by atoms with E-state index in [0.717, 1.165) is 0 Å². The molecule has 0 spiro atoms. The molecule has 3 nitrogen and oxygen atoms in total. The normalized spacial score (nSPS) is 9.80. The summed E-state index contributed by atoms with van der Waals surface area (Å²) in [6, 6.07) is 4.33. The molecular formula is C10H8Cl2O3. The van der Waals surface area contributed by atoms with Crippen molar-refractivity contribution >= 4 is 35.1 Å². The summed E-state index contributed by atoms with van der Waals surface area (Å²) in [6.45, 7) is 1.60. The van der Waals surface area contributed by atoms with Crippen LogP contribution in [0.3, 0.4) is 0 Å². The molecule has 5 heteroatoms. The van der Waals surface area contributed by atoms with E-state index in [1.54, 1.807) is 6.92 Å². The van der Waals surface area contributed by atoms with Gasteiger partial charge in [0, 0.05) is 11.4 Å². The van der Waals surface area contributed by atoms with Crippen molar-refractivity contribution < 1.29 is 14.3 Å². The number of ether oxygens (including phenoxy) is 1. The van der Waals surface area contributed by atoms with Crippen LogP contribution >= 0.6 is 23.2 Å². The van der Waals surface area contributed by atoms with E-state index in [2.05, 4.69) is 4.74 Å². The molecule has 0 atom stereocenters. The van der Waals surface area contributed by atoms with E-state index in [-0.39, 0.29) is 17.0 Å². The quantitative estimate of drug-likeness (QED) is 0.595. The number of rotatable bonds is 2. The van der Waals surface area contributed by atoms with Crippen LogP contribution in [0, 0.1) is 0 Å². The number of benzene rings is 1. The highest BCUT2D eigenvalue weighted by molar-refractivity contribution is 6.36. The van der Waals surface area contributed by atoms with E-state index in [4.69, 9.17) is 23.2 Å². The van der Waals surface area contributed by atoms with Gasteiger partial charge in [-0.15, -0.1) is 0 Å². The molecular weight excluding hydrogens is 239 g/mol. The van der Waals surface area contributed by atoms with Gasteiger partial charge in [-0.2, -0.15) is 0 Å². The number of esters is 2. The number of carbonyl (C=O) groups is 2. The standard InChI is InChI=1S/C10H8Cl2O3/c1-2-9(13)15-10(14)7-4-3-6(11)5-8(7)12/h3-5H,2H2,1H3. The van der Waals surface area contributed by atoms with Crippen molar-refractivity contribution in [2.24, 2.45) is 0 Å². The molecule has 0 amide bonds. The second-order valence-corrected chi connectivity index (χ2v) is 3.58. The number of hydrogen-bond acceptors (Lipinski definition) is 3. The van der Waals surface area contributed by atoms with Crippen LogP contribution in [-0.4, -0.2) is 11.9 Å². The van der Waals surface area contributed by atoms with E-state index in [1.165, 1.54) is 18.2 Å². The smallest absolute Gasteiger partial charge is 0.347 e. The summed E-state index contributed by atoms with van der Waals surface area (Å²) >= 11 is 11.4. The molecule has 1 aromatic rings. The Bertz CT molecular complexity index is 402. The maximum absolute atomic E-state index is 11.4. The molecule has 0 radical (unpaired) electrons. The summed E-state index contributed by atoms with van der Waals surface area (Å²) in [5.74, 6) is -1.35. The van der Waals surface area contributed by atoms with Gasteiger partial charge in [0.15, 0.2) is 0 Å². The van der Waals surface area contributed by atoms with Gasteiger partial charge < -0.3 is 4.74 Å². The molecule has 0 aliphatic rings. The van der Waals surface area contributed by atoms with E-state index in [9.17, 15) is 9.59 Å². The van der Waals surface area contributed by atoms with E-state index in [1.807, 2.05) is 0 Å². The Morgan fingerprint density at radius 2 is 2.00 bits per heavy atom. The minimum absolute atomic E-state index is 0.128. The predicted octanol–water partition coefficient (Wildman–Crippen LogP) is 3.09. The van der Waals surface area contributed by atoms with Gasteiger partial charge in [0.25, 0.3) is 0 Å². The zero-order valence-electron chi connectivity index (χ0n) is 7.92. The minimum atomic E-state index is -0.761. The van der Waals surface area contributed by atoms with E-state index >= 15 is 0 Å². The summed E-state index contributed by atoms with van der Waals surface area (Å²) in [5.41, 5.74) is 0.128. The summed E-state index contributed by atoms with van der Waals surface area (Å²) in [5, 5.41) is 0.578. The third kappa shape index (κ3) is 3.22. The number of carbonyl (C=O) groups excluding carboxylic acids is 2. The van der Waals surface area contributed by atoms with Crippen molar-refractivity contribution in [1.82, 2.24) is 0 Å². The molecule has 0 aliphatic carbocycles. The van der Waals surface area contributed by atoms with Crippen LogP contribution in [0.2, 0.25) is 10.0 Å². The highest BCUT2D eigenvalue weighted by atomic mass is 35.5. The summed E-state index contributed by atoms with van der Waals surface area (Å²) in [7, 11) is 0. The van der Waals surface area contributed by atoms with Gasteiger partial charge in [-0.05, 0) is 18.2 Å². The Morgan fingerprint density at radius 3 is 2.53 bits per heavy atom. The van der Waals surface area contributed by atoms with E-state index < -0.39 is 11.9 Å². The second kappa shape index (κ2) is 5.14. The van der Waals surface area contributed by atoms with Gasteiger partial charge in [0.2, 0.25) is 0 Å². The minimum Gasteiger partial charge on any atom is -0.389 e. The first-order valence-electron chi connectivity index (χ1n) is 4.24. The second-order valence-electron chi connectivity index (χ2n) is 2.74. The lowest BCUT2D eigenvalue weighted by Crippen LogP contribution is -2.11. The zero-order chi connectivity index (χ0) is 11.4. The summed E-state index contributed by atoms with van der Waals surface area (Å²) < 4.78 is 4.50. The Kier molecular flexibility index (Phi) is 4.12. The van der Waals surface area contributed by atoms with Crippen molar-refractivity contribution in [2.75, 3.05) is 0 Å². The number of halogens is 2. The first kappa shape index (κ1) is 12.0. The van der Waals surface area contributed by atoms with Crippen molar-refractivity contribution in [3.63, 3.8) is 0 Å². The van der Waals surface area contributed by atoms with E-state index in [0.29, 0.717) is 5.02 Å². The van der Waals surface area contributed by atoms with Crippen LogP contribution in [0.4, 0.5) is 0 Å². The van der Waals surface area contributed by atoms with Crippen molar-refractivity contribution in [3.05, 3.63) is 33.8 Å². The molecule has 80 valence electrons. The fourth-order valence-corrected chi connectivity index (χ4v) is 1.37. The van der Waals surface area contributed by atoms with Gasteiger partial charge in [0.1, 0.15) is 0 Å². The average Bonchev–Trinajstić information content (AvgIpc) is 2.17. The molecule has 0 bridgehead atoms. The van der Waals surface area contributed by atoms with Crippen LogP contribution in [0.25, 0.3) is 0 Å². The molecule has 0 unspecified atom stereocenters. The molecule has 0 aliphatic heterocycles. The SMILES string of the molecule is CCC(=O)OC(=O)c1ccc(Cl)cc1Cl. The highest BCUT2D eigenvalue weighted by Gasteiger charge is 2.14. The van der Waals surface area contributed by atoms with Crippen LogP contribution in [0.5, 0.6) is 0 Å². The first-order chi connectivity index (χ1) is 7.04. The predicted molar refractivity (Wildman–Crippen MR) is 57.2 cm³/mol. The zero-order valence-corrected chi connectivity index (χ0v) is 9.43. The lowest BCUT2D eigenvalue weighted by molar-refractivity contribution is -0.137. The van der Waals surface area contributed by atoms with Crippen molar-refractivity contribution in [2.45, 2.75) is 13.3 Å². The van der Waals surface area contributed by atoms with Gasteiger partial charge in [-0.3, -0.25) is 4.79 Å². The van der Waals surface area contributed by atoms with Crippen molar-refractivity contribution in [1.29, 1.82) is 0 Å². The van der Waals surface area contributed by atoms with Crippen LogP contribution in [0.1, 0.15) is 23.7 Å². The molecule has 0 fully saturated rings. The Balaban J connectivity index is 2.87. The lowest BCUT2D eigenvalue weighted by Gasteiger charge is -2.03. The molecule has 15 heavy (non-hydrogen) atoms. The molecule has 0 N–H and O–H groups in total. The molecule has 1 aromatic carbocycles. The maximum Gasteiger partial charge on any atom is 0.347 e. The largest absolute Gasteiger partial charge is 0.389 e. The topological polar surface area (TPSA) is 43.4 Å². The third-order valence-corrected chi connectivity index (χ3v) is 2.19. The first-order valence-corrected chi connectivity index (χ1v) is 5.00. The molecule has 0 heterocycles. The monoisotopic (exact) mass is 246 g/mol. The van der Waals surface area contributed by atoms with Crippen LogP contribution in [-0.2, 0) is 9.53 Å². The van der Waals surface area contributed by atoms with Gasteiger partial charge in [-0.1, -0.05) is 30.1 Å². The lowest BCUT2D eigenvalue weighted by atomic mass is 10.2.